The summed E-state index contributed by atoms with van der Waals surface area (Å²) in [6.45, 7) is 3.13. The minimum absolute atomic E-state index is 0.225. The predicted octanol–water partition coefficient (Wildman–Crippen LogP) is 1.26. The number of nitrogens with one attached hydrogen (secondary N) is 1. The molecule has 0 spiro atoms. The van der Waals surface area contributed by atoms with Gasteiger partial charge in [0.05, 0.1) is 6.61 Å². The zero-order valence-electron chi connectivity index (χ0n) is 9.08. The van der Waals surface area contributed by atoms with Crippen LogP contribution in [-0.4, -0.2) is 37.4 Å². The standard InChI is InChI=1S/C10H21NO3/c1-3-4-5-6-7-11-9(8-14-2)10(12)13/h9,11H,3-8H2,1-2H3,(H,12,13). The number of carboxylic acids is 1. The van der Waals surface area contributed by atoms with Crippen LogP contribution in [0.25, 0.3) is 0 Å². The lowest BCUT2D eigenvalue weighted by molar-refractivity contribution is -0.140. The number of ether oxygens (including phenoxy) is 1. The second-order valence-corrected chi connectivity index (χ2v) is 3.36. The summed E-state index contributed by atoms with van der Waals surface area (Å²) in [6, 6.07) is -0.568. The van der Waals surface area contributed by atoms with Gasteiger partial charge in [-0.25, -0.2) is 0 Å². The lowest BCUT2D eigenvalue weighted by Gasteiger charge is -2.12. The van der Waals surface area contributed by atoms with Crippen molar-refractivity contribution in [2.75, 3.05) is 20.3 Å². The topological polar surface area (TPSA) is 58.6 Å². The summed E-state index contributed by atoms with van der Waals surface area (Å²) in [5, 5.41) is 11.7. The summed E-state index contributed by atoms with van der Waals surface area (Å²) >= 11 is 0. The molecule has 84 valence electrons. The van der Waals surface area contributed by atoms with E-state index in [1.54, 1.807) is 0 Å². The summed E-state index contributed by atoms with van der Waals surface area (Å²) in [5.41, 5.74) is 0. The van der Waals surface area contributed by atoms with Crippen LogP contribution in [0.5, 0.6) is 0 Å². The molecule has 0 rings (SSSR count). The molecule has 0 aromatic carbocycles. The van der Waals surface area contributed by atoms with Crippen molar-refractivity contribution >= 4 is 5.97 Å². The van der Waals surface area contributed by atoms with Gasteiger partial charge in [0, 0.05) is 7.11 Å². The number of methoxy groups -OCH3 is 1. The van der Waals surface area contributed by atoms with Crippen LogP contribution in [0.4, 0.5) is 0 Å². The van der Waals surface area contributed by atoms with Crippen LogP contribution in [-0.2, 0) is 9.53 Å². The Kier molecular flexibility index (Phi) is 8.57. The van der Waals surface area contributed by atoms with E-state index in [1.165, 1.54) is 20.0 Å². The summed E-state index contributed by atoms with van der Waals surface area (Å²) < 4.78 is 4.80. The van der Waals surface area contributed by atoms with E-state index in [4.69, 9.17) is 9.84 Å². The molecule has 0 aliphatic rings. The van der Waals surface area contributed by atoms with Gasteiger partial charge in [-0.15, -0.1) is 0 Å². The minimum atomic E-state index is -0.845. The number of hydrogen-bond donors (Lipinski definition) is 2. The van der Waals surface area contributed by atoms with Crippen molar-refractivity contribution in [1.82, 2.24) is 5.32 Å². The van der Waals surface area contributed by atoms with E-state index in [0.717, 1.165) is 19.4 Å². The van der Waals surface area contributed by atoms with Crippen LogP contribution >= 0.6 is 0 Å². The van der Waals surface area contributed by atoms with E-state index in [9.17, 15) is 4.79 Å². The molecule has 0 aliphatic heterocycles. The zero-order valence-corrected chi connectivity index (χ0v) is 9.08. The fraction of sp³-hybridized carbons (Fsp3) is 0.900. The van der Waals surface area contributed by atoms with Crippen molar-refractivity contribution in [1.29, 1.82) is 0 Å². The third-order valence-corrected chi connectivity index (χ3v) is 2.05. The Hall–Kier alpha value is -0.610. The molecule has 0 radical (unpaired) electrons. The third kappa shape index (κ3) is 6.86. The van der Waals surface area contributed by atoms with Crippen LogP contribution in [0.1, 0.15) is 32.6 Å². The van der Waals surface area contributed by atoms with Gasteiger partial charge in [0.1, 0.15) is 6.04 Å². The van der Waals surface area contributed by atoms with Crippen LogP contribution in [0.2, 0.25) is 0 Å². The maximum Gasteiger partial charge on any atom is 0.323 e. The smallest absolute Gasteiger partial charge is 0.323 e. The van der Waals surface area contributed by atoms with E-state index in [1.807, 2.05) is 0 Å². The largest absolute Gasteiger partial charge is 0.480 e. The van der Waals surface area contributed by atoms with Crippen LogP contribution in [0, 0.1) is 0 Å². The van der Waals surface area contributed by atoms with E-state index < -0.39 is 12.0 Å². The molecule has 0 heterocycles. The lowest BCUT2D eigenvalue weighted by Crippen LogP contribution is -2.40. The van der Waals surface area contributed by atoms with E-state index in [-0.39, 0.29) is 6.61 Å². The van der Waals surface area contributed by atoms with Crippen molar-refractivity contribution in [2.24, 2.45) is 0 Å². The molecule has 0 saturated heterocycles. The fourth-order valence-electron chi connectivity index (χ4n) is 1.21. The molecule has 0 aromatic heterocycles. The Balaban J connectivity index is 3.46. The van der Waals surface area contributed by atoms with E-state index in [2.05, 4.69) is 12.2 Å². The lowest BCUT2D eigenvalue weighted by atomic mass is 10.2. The number of carbonyl (C=O) groups is 1. The summed E-state index contributed by atoms with van der Waals surface area (Å²) in [5.74, 6) is -0.845. The van der Waals surface area contributed by atoms with Crippen LogP contribution in [0.3, 0.4) is 0 Å². The molecule has 0 bridgehead atoms. The first-order chi connectivity index (χ1) is 6.72. The molecule has 0 aliphatic carbocycles. The Morgan fingerprint density at radius 2 is 2.14 bits per heavy atom. The van der Waals surface area contributed by atoms with Gasteiger partial charge in [0.15, 0.2) is 0 Å². The molecule has 4 nitrogen and oxygen atoms in total. The maximum absolute atomic E-state index is 10.7. The van der Waals surface area contributed by atoms with E-state index in [0.29, 0.717) is 0 Å². The van der Waals surface area contributed by atoms with Gasteiger partial charge >= 0.3 is 5.97 Å². The summed E-state index contributed by atoms with van der Waals surface area (Å²) in [7, 11) is 1.51. The molecule has 0 saturated carbocycles. The average Bonchev–Trinajstić information content (AvgIpc) is 2.15. The van der Waals surface area contributed by atoms with Gasteiger partial charge in [0.25, 0.3) is 0 Å². The van der Waals surface area contributed by atoms with Gasteiger partial charge in [-0.05, 0) is 13.0 Å². The normalized spacial score (nSPS) is 12.7. The number of aliphatic carboxylic acids is 1. The molecule has 2 N–H and O–H groups in total. The van der Waals surface area contributed by atoms with Crippen molar-refractivity contribution in [3.63, 3.8) is 0 Å². The maximum atomic E-state index is 10.7. The molecular weight excluding hydrogens is 182 g/mol. The highest BCUT2D eigenvalue weighted by Crippen LogP contribution is 1.97. The highest BCUT2D eigenvalue weighted by Gasteiger charge is 2.15. The fourth-order valence-corrected chi connectivity index (χ4v) is 1.21. The predicted molar refractivity (Wildman–Crippen MR) is 55.4 cm³/mol. The van der Waals surface area contributed by atoms with Crippen molar-refractivity contribution in [3.8, 4) is 0 Å². The molecule has 1 atom stereocenters. The van der Waals surface area contributed by atoms with Crippen LogP contribution in [0.15, 0.2) is 0 Å². The highest BCUT2D eigenvalue weighted by atomic mass is 16.5. The quantitative estimate of drug-likeness (QED) is 0.554. The van der Waals surface area contributed by atoms with Gasteiger partial charge in [-0.3, -0.25) is 4.79 Å². The molecule has 0 fully saturated rings. The van der Waals surface area contributed by atoms with Gasteiger partial charge < -0.3 is 15.2 Å². The number of hydrogen-bond acceptors (Lipinski definition) is 3. The SMILES string of the molecule is CCCCCCNC(COC)C(=O)O. The second-order valence-electron chi connectivity index (χ2n) is 3.36. The van der Waals surface area contributed by atoms with Gasteiger partial charge in [0.2, 0.25) is 0 Å². The summed E-state index contributed by atoms with van der Waals surface area (Å²) in [4.78, 5) is 10.7. The van der Waals surface area contributed by atoms with E-state index >= 15 is 0 Å². The monoisotopic (exact) mass is 203 g/mol. The first-order valence-electron chi connectivity index (χ1n) is 5.17. The van der Waals surface area contributed by atoms with Gasteiger partial charge in [-0.2, -0.15) is 0 Å². The Labute approximate surface area is 85.6 Å². The first kappa shape index (κ1) is 13.4. The number of rotatable bonds is 9. The molecule has 0 amide bonds. The van der Waals surface area contributed by atoms with Crippen molar-refractivity contribution in [2.45, 2.75) is 38.6 Å². The van der Waals surface area contributed by atoms with Crippen molar-refractivity contribution in [3.05, 3.63) is 0 Å². The Morgan fingerprint density at radius 3 is 2.64 bits per heavy atom. The zero-order chi connectivity index (χ0) is 10.8. The Bertz CT molecular complexity index is 150. The summed E-state index contributed by atoms with van der Waals surface area (Å²) in [6.07, 6.45) is 4.59. The molecule has 4 heteroatoms. The Morgan fingerprint density at radius 1 is 1.43 bits per heavy atom. The highest BCUT2D eigenvalue weighted by molar-refractivity contribution is 5.73. The molecule has 1 unspecified atom stereocenters. The average molecular weight is 203 g/mol. The first-order valence-corrected chi connectivity index (χ1v) is 5.17. The minimum Gasteiger partial charge on any atom is -0.480 e. The van der Waals surface area contributed by atoms with Crippen molar-refractivity contribution < 1.29 is 14.6 Å². The van der Waals surface area contributed by atoms with Crippen LogP contribution < -0.4 is 5.32 Å². The second kappa shape index (κ2) is 8.97. The molecular formula is C10H21NO3. The van der Waals surface area contributed by atoms with Gasteiger partial charge in [-0.1, -0.05) is 26.2 Å². The molecule has 0 aromatic rings. The third-order valence-electron chi connectivity index (χ3n) is 2.05. The number of unbranched alkanes of at least 4 members (excludes halogenated alkanes) is 3. The molecule has 14 heavy (non-hydrogen) atoms. The number of carboxylic acid groups (broad SMARTS) is 1.